The number of unbranched alkanes of at least 4 members (excludes halogenated alkanes) is 30. The fraction of sp³-hybridized carbons (Fsp3) is 0.951. The van der Waals surface area contributed by atoms with E-state index < -0.39 is 6.10 Å². The summed E-state index contributed by atoms with van der Waals surface area (Å²) in [5, 5.41) is 9.55. The molecule has 5 heteroatoms. The predicted molar refractivity (Wildman–Crippen MR) is 196 cm³/mol. The molecule has 0 aliphatic heterocycles. The van der Waals surface area contributed by atoms with Crippen molar-refractivity contribution in [3.05, 3.63) is 0 Å². The molecular formula is C41H80O5. The molecule has 0 radical (unpaired) electrons. The van der Waals surface area contributed by atoms with Crippen LogP contribution >= 0.6 is 0 Å². The lowest BCUT2D eigenvalue weighted by molar-refractivity contribution is -0.161. The third-order valence-corrected chi connectivity index (χ3v) is 9.40. The van der Waals surface area contributed by atoms with Gasteiger partial charge in [0.1, 0.15) is 6.61 Å². The fourth-order valence-electron chi connectivity index (χ4n) is 6.26. The Hall–Kier alpha value is -1.10. The van der Waals surface area contributed by atoms with Gasteiger partial charge in [-0.15, -0.1) is 0 Å². The Kier molecular flexibility index (Phi) is 37.4. The quantitative estimate of drug-likeness (QED) is 0.0531. The van der Waals surface area contributed by atoms with E-state index in [-0.39, 0.29) is 25.2 Å². The second-order valence-electron chi connectivity index (χ2n) is 14.1. The Bertz CT molecular complexity index is 622. The van der Waals surface area contributed by atoms with Crippen LogP contribution in [-0.4, -0.2) is 36.4 Å². The van der Waals surface area contributed by atoms with Crippen LogP contribution in [0.1, 0.15) is 232 Å². The minimum atomic E-state index is -0.761. The van der Waals surface area contributed by atoms with E-state index in [1.807, 2.05) is 0 Å². The highest BCUT2D eigenvalue weighted by Crippen LogP contribution is 2.16. The van der Waals surface area contributed by atoms with E-state index in [0.717, 1.165) is 32.1 Å². The van der Waals surface area contributed by atoms with Gasteiger partial charge < -0.3 is 14.6 Å². The summed E-state index contributed by atoms with van der Waals surface area (Å²) in [5.74, 6) is -0.574. The van der Waals surface area contributed by atoms with Gasteiger partial charge in [-0.25, -0.2) is 0 Å². The van der Waals surface area contributed by atoms with E-state index in [2.05, 4.69) is 13.8 Å². The summed E-state index contributed by atoms with van der Waals surface area (Å²) in [7, 11) is 0. The Morgan fingerprint density at radius 1 is 0.413 bits per heavy atom. The SMILES string of the molecule is CCCCCCCCCCCCCCCCCCCCCC(=O)O[C@@H](CO)COC(=O)CCCCCCCCCCCCCCC. The molecule has 0 bridgehead atoms. The summed E-state index contributed by atoms with van der Waals surface area (Å²) in [6.07, 6.45) is 41.7. The van der Waals surface area contributed by atoms with Gasteiger partial charge in [0.05, 0.1) is 6.61 Å². The molecule has 0 unspecified atom stereocenters. The average molecular weight is 653 g/mol. The number of aliphatic hydroxyl groups is 1. The molecule has 0 aliphatic carbocycles. The molecule has 274 valence electrons. The zero-order valence-electron chi connectivity index (χ0n) is 31.1. The number of hydrogen-bond donors (Lipinski definition) is 1. The van der Waals surface area contributed by atoms with Crippen LogP contribution in [0.5, 0.6) is 0 Å². The maximum Gasteiger partial charge on any atom is 0.306 e. The van der Waals surface area contributed by atoms with E-state index >= 15 is 0 Å². The van der Waals surface area contributed by atoms with Gasteiger partial charge in [-0.2, -0.15) is 0 Å². The van der Waals surface area contributed by atoms with Crippen molar-refractivity contribution >= 4 is 11.9 Å². The maximum absolute atomic E-state index is 12.2. The molecule has 0 heterocycles. The molecule has 0 rings (SSSR count). The molecule has 1 N–H and O–H groups in total. The standard InChI is InChI=1S/C41H80O5/c1-3-5-7-9-11-13-15-17-18-19-20-21-22-24-26-28-30-32-34-36-41(44)46-39(37-42)38-45-40(43)35-33-31-29-27-25-23-16-14-12-10-8-6-4-2/h39,42H,3-38H2,1-2H3/t39-/m0/s1. The molecule has 0 aromatic rings. The largest absolute Gasteiger partial charge is 0.462 e. The highest BCUT2D eigenvalue weighted by atomic mass is 16.6. The molecule has 0 aliphatic rings. The monoisotopic (exact) mass is 653 g/mol. The van der Waals surface area contributed by atoms with Crippen LogP contribution in [0.3, 0.4) is 0 Å². The van der Waals surface area contributed by atoms with Crippen molar-refractivity contribution in [2.45, 2.75) is 238 Å². The number of ether oxygens (including phenoxy) is 2. The third kappa shape index (κ3) is 35.7. The van der Waals surface area contributed by atoms with Crippen molar-refractivity contribution in [2.75, 3.05) is 13.2 Å². The summed E-state index contributed by atoms with van der Waals surface area (Å²) in [6.45, 7) is 4.17. The predicted octanol–water partition coefficient (Wildman–Crippen LogP) is 12.7. The Balaban J connectivity index is 3.47. The summed E-state index contributed by atoms with van der Waals surface area (Å²) < 4.78 is 10.6. The molecule has 0 aromatic carbocycles. The summed E-state index contributed by atoms with van der Waals surface area (Å²) in [6, 6.07) is 0. The van der Waals surface area contributed by atoms with Crippen molar-refractivity contribution in [2.24, 2.45) is 0 Å². The zero-order valence-corrected chi connectivity index (χ0v) is 31.1. The van der Waals surface area contributed by atoms with Crippen molar-refractivity contribution in [1.82, 2.24) is 0 Å². The van der Waals surface area contributed by atoms with Gasteiger partial charge >= 0.3 is 11.9 Å². The number of aliphatic hydroxyl groups excluding tert-OH is 1. The smallest absolute Gasteiger partial charge is 0.306 e. The number of esters is 2. The minimum absolute atomic E-state index is 0.0568. The highest BCUT2D eigenvalue weighted by molar-refractivity contribution is 5.70. The highest BCUT2D eigenvalue weighted by Gasteiger charge is 2.16. The normalized spacial score (nSPS) is 12.0. The molecule has 0 saturated carbocycles. The van der Waals surface area contributed by atoms with E-state index in [0.29, 0.717) is 12.8 Å². The first kappa shape index (κ1) is 44.9. The maximum atomic E-state index is 12.2. The molecular weight excluding hydrogens is 572 g/mol. The first-order chi connectivity index (χ1) is 22.6. The molecule has 0 spiro atoms. The van der Waals surface area contributed by atoms with Crippen LogP contribution in [-0.2, 0) is 19.1 Å². The van der Waals surface area contributed by atoms with Gasteiger partial charge in [0.15, 0.2) is 6.10 Å². The fourth-order valence-corrected chi connectivity index (χ4v) is 6.26. The number of hydrogen-bond acceptors (Lipinski definition) is 5. The second-order valence-corrected chi connectivity index (χ2v) is 14.1. The molecule has 1 atom stereocenters. The Morgan fingerprint density at radius 3 is 0.957 bits per heavy atom. The molecule has 0 amide bonds. The van der Waals surface area contributed by atoms with E-state index in [1.165, 1.54) is 173 Å². The van der Waals surface area contributed by atoms with Crippen LogP contribution in [0.2, 0.25) is 0 Å². The van der Waals surface area contributed by atoms with Crippen molar-refractivity contribution in [1.29, 1.82) is 0 Å². The third-order valence-electron chi connectivity index (χ3n) is 9.40. The minimum Gasteiger partial charge on any atom is -0.462 e. The van der Waals surface area contributed by atoms with Crippen molar-refractivity contribution in [3.63, 3.8) is 0 Å². The van der Waals surface area contributed by atoms with Gasteiger partial charge in [-0.3, -0.25) is 9.59 Å². The molecule has 0 aromatic heterocycles. The van der Waals surface area contributed by atoms with Crippen molar-refractivity contribution < 1.29 is 24.2 Å². The lowest BCUT2D eigenvalue weighted by atomic mass is 10.0. The van der Waals surface area contributed by atoms with Gasteiger partial charge in [-0.05, 0) is 12.8 Å². The molecule has 46 heavy (non-hydrogen) atoms. The number of carbonyl (C=O) groups excluding carboxylic acids is 2. The van der Waals surface area contributed by atoms with Crippen LogP contribution in [0, 0.1) is 0 Å². The first-order valence-electron chi connectivity index (χ1n) is 20.6. The van der Waals surface area contributed by atoms with Crippen LogP contribution < -0.4 is 0 Å². The van der Waals surface area contributed by atoms with Gasteiger partial charge in [-0.1, -0.05) is 206 Å². The summed E-state index contributed by atoms with van der Waals surface area (Å²) >= 11 is 0. The van der Waals surface area contributed by atoms with E-state index in [1.54, 1.807) is 0 Å². The van der Waals surface area contributed by atoms with Gasteiger partial charge in [0.2, 0.25) is 0 Å². The van der Waals surface area contributed by atoms with E-state index in [4.69, 9.17) is 9.47 Å². The lowest BCUT2D eigenvalue weighted by Gasteiger charge is -2.15. The second kappa shape index (κ2) is 38.3. The van der Waals surface area contributed by atoms with Crippen LogP contribution in [0.4, 0.5) is 0 Å². The molecule has 0 saturated heterocycles. The molecule has 0 fully saturated rings. The van der Waals surface area contributed by atoms with Crippen LogP contribution in [0.15, 0.2) is 0 Å². The number of rotatable bonds is 38. The first-order valence-corrected chi connectivity index (χ1v) is 20.6. The molecule has 5 nitrogen and oxygen atoms in total. The Labute approximate surface area is 287 Å². The van der Waals surface area contributed by atoms with Crippen LogP contribution in [0.25, 0.3) is 0 Å². The topological polar surface area (TPSA) is 72.8 Å². The van der Waals surface area contributed by atoms with Gasteiger partial charge in [0.25, 0.3) is 0 Å². The zero-order chi connectivity index (χ0) is 33.6. The van der Waals surface area contributed by atoms with E-state index in [9.17, 15) is 14.7 Å². The van der Waals surface area contributed by atoms with Gasteiger partial charge in [0, 0.05) is 12.8 Å². The summed E-state index contributed by atoms with van der Waals surface area (Å²) in [5.41, 5.74) is 0. The average Bonchev–Trinajstić information content (AvgIpc) is 3.06. The lowest BCUT2D eigenvalue weighted by Crippen LogP contribution is -2.28. The van der Waals surface area contributed by atoms with Crippen molar-refractivity contribution in [3.8, 4) is 0 Å². The summed E-state index contributed by atoms with van der Waals surface area (Å²) in [4.78, 5) is 24.2. The Morgan fingerprint density at radius 2 is 0.674 bits per heavy atom. The number of carbonyl (C=O) groups is 2.